The fourth-order valence-electron chi connectivity index (χ4n) is 2.55. The summed E-state index contributed by atoms with van der Waals surface area (Å²) in [7, 11) is 1.41. The van der Waals surface area contributed by atoms with Crippen LogP contribution in [0.5, 0.6) is 0 Å². The Balaban J connectivity index is 1.86. The maximum atomic E-state index is 11.3. The van der Waals surface area contributed by atoms with E-state index in [1.807, 2.05) is 24.3 Å². The summed E-state index contributed by atoms with van der Waals surface area (Å²) in [6, 6.07) is 8.56. The molecule has 0 radical (unpaired) electrons. The van der Waals surface area contributed by atoms with E-state index in [0.717, 1.165) is 25.6 Å². The van der Waals surface area contributed by atoms with E-state index in [1.54, 1.807) is 0 Å². The van der Waals surface area contributed by atoms with E-state index >= 15 is 0 Å². The molecule has 1 aliphatic rings. The third-order valence-corrected chi connectivity index (χ3v) is 4.06. The summed E-state index contributed by atoms with van der Waals surface area (Å²) in [5.74, 6) is -0.267. The van der Waals surface area contributed by atoms with Crippen LogP contribution in [-0.2, 0) is 11.2 Å². The second-order valence-corrected chi connectivity index (χ2v) is 5.15. The molecule has 104 valence electrons. The molecule has 1 fully saturated rings. The normalized spacial score (nSPS) is 15.3. The SMILES string of the molecule is CCN(CCc1ccc(C(=O)OC)cc1)C1CCC1. The summed E-state index contributed by atoms with van der Waals surface area (Å²) in [4.78, 5) is 13.9. The first kappa shape index (κ1) is 14.1. The Morgan fingerprint density at radius 3 is 2.47 bits per heavy atom. The number of carbonyl (C=O) groups excluding carboxylic acids is 1. The standard InChI is InChI=1S/C16H23NO2/c1-3-17(15-5-4-6-15)12-11-13-7-9-14(10-8-13)16(18)19-2/h7-10,15H,3-6,11-12H2,1-2H3. The molecule has 3 heteroatoms. The Labute approximate surface area is 115 Å². The van der Waals surface area contributed by atoms with Gasteiger partial charge >= 0.3 is 5.97 Å². The summed E-state index contributed by atoms with van der Waals surface area (Å²) in [5.41, 5.74) is 1.91. The predicted molar refractivity (Wildman–Crippen MR) is 76.4 cm³/mol. The van der Waals surface area contributed by atoms with Crippen LogP contribution in [0.3, 0.4) is 0 Å². The lowest BCUT2D eigenvalue weighted by atomic mass is 9.91. The van der Waals surface area contributed by atoms with Crippen molar-refractivity contribution in [3.8, 4) is 0 Å². The highest BCUT2D eigenvalue weighted by Gasteiger charge is 2.23. The highest BCUT2D eigenvalue weighted by Crippen LogP contribution is 2.24. The predicted octanol–water partition coefficient (Wildman–Crippen LogP) is 2.89. The Kier molecular flexibility index (Phi) is 4.97. The van der Waals surface area contributed by atoms with Crippen LogP contribution in [0.15, 0.2) is 24.3 Å². The Bertz CT molecular complexity index is 409. The van der Waals surface area contributed by atoms with Gasteiger partial charge in [-0.25, -0.2) is 4.79 Å². The number of likely N-dealkylation sites (N-methyl/N-ethyl adjacent to an activating group) is 1. The second kappa shape index (κ2) is 6.71. The van der Waals surface area contributed by atoms with Gasteiger partial charge in [-0.2, -0.15) is 0 Å². The first-order chi connectivity index (χ1) is 9.24. The lowest BCUT2D eigenvalue weighted by molar-refractivity contribution is 0.0600. The van der Waals surface area contributed by atoms with Gasteiger partial charge in [0.05, 0.1) is 12.7 Å². The van der Waals surface area contributed by atoms with Gasteiger partial charge in [0.2, 0.25) is 0 Å². The number of benzene rings is 1. The monoisotopic (exact) mass is 261 g/mol. The molecule has 1 aromatic rings. The van der Waals surface area contributed by atoms with E-state index in [2.05, 4.69) is 11.8 Å². The zero-order valence-electron chi connectivity index (χ0n) is 11.9. The molecule has 0 aromatic heterocycles. The zero-order valence-corrected chi connectivity index (χ0v) is 11.9. The van der Waals surface area contributed by atoms with Crippen LogP contribution in [0.1, 0.15) is 42.1 Å². The van der Waals surface area contributed by atoms with Crippen LogP contribution in [0.4, 0.5) is 0 Å². The number of carbonyl (C=O) groups is 1. The minimum Gasteiger partial charge on any atom is -0.465 e. The molecule has 2 rings (SSSR count). The summed E-state index contributed by atoms with van der Waals surface area (Å²) < 4.78 is 4.70. The molecule has 19 heavy (non-hydrogen) atoms. The van der Waals surface area contributed by atoms with E-state index in [9.17, 15) is 4.79 Å². The molecule has 0 spiro atoms. The van der Waals surface area contributed by atoms with Crippen LogP contribution in [-0.4, -0.2) is 37.1 Å². The quantitative estimate of drug-likeness (QED) is 0.737. The van der Waals surface area contributed by atoms with E-state index in [0.29, 0.717) is 5.56 Å². The molecule has 0 atom stereocenters. The average Bonchev–Trinajstić information content (AvgIpc) is 2.40. The van der Waals surface area contributed by atoms with Crippen LogP contribution < -0.4 is 0 Å². The molecule has 0 amide bonds. The van der Waals surface area contributed by atoms with E-state index in [4.69, 9.17) is 4.74 Å². The Morgan fingerprint density at radius 1 is 1.32 bits per heavy atom. The van der Waals surface area contributed by atoms with Crippen molar-refractivity contribution in [1.29, 1.82) is 0 Å². The number of esters is 1. The molecule has 1 aliphatic carbocycles. The van der Waals surface area contributed by atoms with Crippen LogP contribution in [0.25, 0.3) is 0 Å². The molecular weight excluding hydrogens is 238 g/mol. The minimum absolute atomic E-state index is 0.267. The largest absolute Gasteiger partial charge is 0.465 e. The maximum absolute atomic E-state index is 11.3. The topological polar surface area (TPSA) is 29.5 Å². The molecule has 0 unspecified atom stereocenters. The van der Waals surface area contributed by atoms with Crippen LogP contribution in [0, 0.1) is 0 Å². The summed E-state index contributed by atoms with van der Waals surface area (Å²) in [5, 5.41) is 0. The summed E-state index contributed by atoms with van der Waals surface area (Å²) in [6.07, 6.45) is 5.14. The van der Waals surface area contributed by atoms with Crippen LogP contribution >= 0.6 is 0 Å². The van der Waals surface area contributed by atoms with Gasteiger partial charge in [-0.15, -0.1) is 0 Å². The Morgan fingerprint density at radius 2 is 2.00 bits per heavy atom. The third kappa shape index (κ3) is 3.57. The van der Waals surface area contributed by atoms with Gasteiger partial charge in [0.25, 0.3) is 0 Å². The number of methoxy groups -OCH3 is 1. The summed E-state index contributed by atoms with van der Waals surface area (Å²) >= 11 is 0. The van der Waals surface area contributed by atoms with Gasteiger partial charge in [-0.05, 0) is 43.5 Å². The molecule has 1 saturated carbocycles. The van der Waals surface area contributed by atoms with Crippen molar-refractivity contribution in [2.45, 2.75) is 38.6 Å². The first-order valence-electron chi connectivity index (χ1n) is 7.16. The number of nitrogens with zero attached hydrogens (tertiary/aromatic N) is 1. The third-order valence-electron chi connectivity index (χ3n) is 4.06. The average molecular weight is 261 g/mol. The van der Waals surface area contributed by atoms with Crippen molar-refractivity contribution in [2.75, 3.05) is 20.2 Å². The number of hydrogen-bond donors (Lipinski definition) is 0. The molecule has 0 bridgehead atoms. The lowest BCUT2D eigenvalue weighted by Crippen LogP contribution is -2.41. The highest BCUT2D eigenvalue weighted by molar-refractivity contribution is 5.89. The summed E-state index contributed by atoms with van der Waals surface area (Å²) in [6.45, 7) is 4.47. The van der Waals surface area contributed by atoms with Crippen molar-refractivity contribution in [2.24, 2.45) is 0 Å². The second-order valence-electron chi connectivity index (χ2n) is 5.15. The van der Waals surface area contributed by atoms with Crippen LogP contribution in [0.2, 0.25) is 0 Å². The zero-order chi connectivity index (χ0) is 13.7. The van der Waals surface area contributed by atoms with E-state index < -0.39 is 0 Å². The molecule has 3 nitrogen and oxygen atoms in total. The van der Waals surface area contributed by atoms with E-state index in [1.165, 1.54) is 31.9 Å². The molecule has 0 saturated heterocycles. The van der Waals surface area contributed by atoms with Gasteiger partial charge in [0.1, 0.15) is 0 Å². The minimum atomic E-state index is -0.267. The van der Waals surface area contributed by atoms with Gasteiger partial charge in [0.15, 0.2) is 0 Å². The van der Waals surface area contributed by atoms with Crippen molar-refractivity contribution in [3.05, 3.63) is 35.4 Å². The number of hydrogen-bond acceptors (Lipinski definition) is 3. The van der Waals surface area contributed by atoms with Crippen molar-refractivity contribution in [1.82, 2.24) is 4.90 Å². The smallest absolute Gasteiger partial charge is 0.337 e. The van der Waals surface area contributed by atoms with Crippen molar-refractivity contribution < 1.29 is 9.53 Å². The van der Waals surface area contributed by atoms with Crippen molar-refractivity contribution >= 4 is 5.97 Å². The molecule has 1 aromatic carbocycles. The number of rotatable bonds is 6. The molecule has 0 N–H and O–H groups in total. The fraction of sp³-hybridized carbons (Fsp3) is 0.562. The van der Waals surface area contributed by atoms with Gasteiger partial charge in [-0.1, -0.05) is 25.5 Å². The first-order valence-corrected chi connectivity index (χ1v) is 7.16. The molecular formula is C16H23NO2. The van der Waals surface area contributed by atoms with E-state index in [-0.39, 0.29) is 5.97 Å². The van der Waals surface area contributed by atoms with Gasteiger partial charge in [0, 0.05) is 12.6 Å². The Hall–Kier alpha value is -1.35. The van der Waals surface area contributed by atoms with Gasteiger partial charge < -0.3 is 9.64 Å². The maximum Gasteiger partial charge on any atom is 0.337 e. The molecule has 0 heterocycles. The van der Waals surface area contributed by atoms with Gasteiger partial charge in [-0.3, -0.25) is 0 Å². The highest BCUT2D eigenvalue weighted by atomic mass is 16.5. The lowest BCUT2D eigenvalue weighted by Gasteiger charge is -2.36. The van der Waals surface area contributed by atoms with Crippen molar-refractivity contribution in [3.63, 3.8) is 0 Å². The number of ether oxygens (including phenoxy) is 1. The molecule has 0 aliphatic heterocycles. The fourth-order valence-corrected chi connectivity index (χ4v) is 2.55.